The van der Waals surface area contributed by atoms with E-state index in [-0.39, 0.29) is 23.2 Å². The molecule has 0 saturated heterocycles. The van der Waals surface area contributed by atoms with Crippen molar-refractivity contribution in [3.63, 3.8) is 0 Å². The second kappa shape index (κ2) is 8.22. The van der Waals surface area contributed by atoms with Crippen LogP contribution >= 0.6 is 0 Å². The minimum Gasteiger partial charge on any atom is -0.454 e. The highest BCUT2D eigenvalue weighted by Gasteiger charge is 2.56. The number of fused-ring (bicyclic) bond motifs is 4. The zero-order valence-electron chi connectivity index (χ0n) is 24.4. The van der Waals surface area contributed by atoms with Crippen molar-refractivity contribution < 1.29 is 14.0 Å². The Morgan fingerprint density at radius 2 is 1.51 bits per heavy atom. The molecule has 2 aliphatic heterocycles. The molecule has 0 atom stereocenters. The number of ether oxygens (including phenoxy) is 2. The quantitative estimate of drug-likeness (QED) is 0.169. The summed E-state index contributed by atoms with van der Waals surface area (Å²) in [6.45, 7) is 14.5. The van der Waals surface area contributed by atoms with Crippen molar-refractivity contribution in [3.05, 3.63) is 119 Å². The summed E-state index contributed by atoms with van der Waals surface area (Å²) in [6, 6.07) is 29.1. The average molecular weight is 539 g/mol. The van der Waals surface area contributed by atoms with Crippen LogP contribution in [-0.2, 0) is 16.4 Å². The minimum atomic E-state index is -0.278. The SMILES string of the molecule is C=C1c2c3c(cc4ccc5c6c(c[n+](c5c24)C1(CC)CC)C(C)(C)CC6(c1ccccc1)c1ccccc1)OCO3. The van der Waals surface area contributed by atoms with Crippen LogP contribution in [-0.4, -0.2) is 6.79 Å². The van der Waals surface area contributed by atoms with Crippen molar-refractivity contribution in [2.75, 3.05) is 6.79 Å². The summed E-state index contributed by atoms with van der Waals surface area (Å²) >= 11 is 0. The van der Waals surface area contributed by atoms with Crippen molar-refractivity contribution in [1.82, 2.24) is 0 Å². The fourth-order valence-electron chi connectivity index (χ4n) is 8.64. The Balaban J connectivity index is 1.62. The van der Waals surface area contributed by atoms with Gasteiger partial charge in [0.2, 0.25) is 12.3 Å². The molecular formula is C38H36NO2+. The first-order chi connectivity index (χ1) is 19.9. The van der Waals surface area contributed by atoms with Crippen LogP contribution in [0.1, 0.15) is 74.8 Å². The third-order valence-corrected chi connectivity index (χ3v) is 10.5. The van der Waals surface area contributed by atoms with Crippen LogP contribution in [0, 0.1) is 0 Å². The first-order valence-electron chi connectivity index (χ1n) is 15.0. The van der Waals surface area contributed by atoms with E-state index in [1.165, 1.54) is 43.9 Å². The smallest absolute Gasteiger partial charge is 0.231 e. The summed E-state index contributed by atoms with van der Waals surface area (Å²) in [6.07, 6.45) is 5.41. The van der Waals surface area contributed by atoms with E-state index in [1.807, 2.05) is 0 Å². The molecule has 0 unspecified atom stereocenters. The highest BCUT2D eigenvalue weighted by Crippen LogP contribution is 2.60. The lowest BCUT2D eigenvalue weighted by molar-refractivity contribution is -0.727. The molecule has 204 valence electrons. The number of allylic oxidation sites excluding steroid dienone is 1. The van der Waals surface area contributed by atoms with E-state index in [4.69, 9.17) is 16.1 Å². The van der Waals surface area contributed by atoms with Crippen LogP contribution in [0.2, 0.25) is 0 Å². The standard InChI is InChI=1S/C38H36NO2/c1-6-37(7-2)24(3)31-32-25(20-30-35(31)41-23-40-30)18-19-28-33-29(21-39(37)34(28)32)36(4,5)22-38(33,26-14-10-8-11-15-26)27-16-12-9-13-17-27/h8-21H,3,6-7,22-23H2,1-2,4-5H3/q+1. The molecule has 1 aliphatic carbocycles. The first kappa shape index (κ1) is 24.7. The number of hydrogen-bond acceptors (Lipinski definition) is 2. The van der Waals surface area contributed by atoms with Crippen LogP contribution in [0.5, 0.6) is 11.5 Å². The molecule has 3 aliphatic rings. The molecule has 3 heterocycles. The van der Waals surface area contributed by atoms with Crippen molar-refractivity contribution in [2.24, 2.45) is 0 Å². The normalized spacial score (nSPS) is 18.8. The average Bonchev–Trinajstić information content (AvgIpc) is 3.57. The summed E-state index contributed by atoms with van der Waals surface area (Å²) in [4.78, 5) is 0. The highest BCUT2D eigenvalue weighted by atomic mass is 16.7. The van der Waals surface area contributed by atoms with E-state index in [1.54, 1.807) is 0 Å². The molecule has 4 aromatic carbocycles. The van der Waals surface area contributed by atoms with E-state index >= 15 is 0 Å². The van der Waals surface area contributed by atoms with Gasteiger partial charge in [-0.2, -0.15) is 4.57 Å². The van der Waals surface area contributed by atoms with Crippen molar-refractivity contribution >= 4 is 27.2 Å². The fourth-order valence-corrected chi connectivity index (χ4v) is 8.64. The monoisotopic (exact) mass is 538 g/mol. The van der Waals surface area contributed by atoms with Crippen molar-refractivity contribution in [3.8, 4) is 11.5 Å². The van der Waals surface area contributed by atoms with Gasteiger partial charge in [0.15, 0.2) is 23.2 Å². The number of pyridine rings is 1. The molecule has 1 aromatic heterocycles. The number of aromatic nitrogens is 1. The van der Waals surface area contributed by atoms with Crippen LogP contribution in [0.3, 0.4) is 0 Å². The first-order valence-corrected chi connectivity index (χ1v) is 15.0. The van der Waals surface area contributed by atoms with Crippen LogP contribution in [0.4, 0.5) is 0 Å². The predicted molar refractivity (Wildman–Crippen MR) is 166 cm³/mol. The molecular weight excluding hydrogens is 502 g/mol. The van der Waals surface area contributed by atoms with Gasteiger partial charge in [0.05, 0.1) is 10.8 Å². The molecule has 3 heteroatoms. The lowest BCUT2D eigenvalue weighted by Gasteiger charge is -2.36. The highest BCUT2D eigenvalue weighted by molar-refractivity contribution is 6.14. The Kier molecular flexibility index (Phi) is 4.95. The van der Waals surface area contributed by atoms with Gasteiger partial charge in [-0.15, -0.1) is 0 Å². The number of hydrogen-bond donors (Lipinski definition) is 0. The lowest BCUT2D eigenvalue weighted by atomic mass is 9.67. The van der Waals surface area contributed by atoms with Gasteiger partial charge in [-0.1, -0.05) is 101 Å². The second-order valence-electron chi connectivity index (χ2n) is 12.7. The Morgan fingerprint density at radius 1 is 0.854 bits per heavy atom. The molecule has 8 rings (SSSR count). The lowest BCUT2D eigenvalue weighted by Crippen LogP contribution is -2.58. The third-order valence-electron chi connectivity index (χ3n) is 10.5. The van der Waals surface area contributed by atoms with Crippen LogP contribution < -0.4 is 14.0 Å². The van der Waals surface area contributed by atoms with Crippen LogP contribution in [0.15, 0.2) is 91.6 Å². The van der Waals surface area contributed by atoms with E-state index in [0.29, 0.717) is 0 Å². The summed E-state index contributed by atoms with van der Waals surface area (Å²) in [5.74, 6) is 1.68. The van der Waals surface area contributed by atoms with Gasteiger partial charge in [-0.3, -0.25) is 0 Å². The number of nitrogens with zero attached hydrogens (tertiary/aromatic N) is 1. The molecule has 41 heavy (non-hydrogen) atoms. The van der Waals surface area contributed by atoms with E-state index in [0.717, 1.165) is 41.9 Å². The molecule has 5 aromatic rings. The van der Waals surface area contributed by atoms with Gasteiger partial charge < -0.3 is 9.47 Å². The van der Waals surface area contributed by atoms with E-state index in [9.17, 15) is 0 Å². The summed E-state index contributed by atoms with van der Waals surface area (Å²) in [5, 5.41) is 3.73. The Morgan fingerprint density at radius 3 is 2.15 bits per heavy atom. The van der Waals surface area contributed by atoms with Gasteiger partial charge in [0.25, 0.3) is 0 Å². The fraction of sp³-hybridized carbons (Fsp3) is 0.289. The maximum Gasteiger partial charge on any atom is 0.231 e. The molecule has 0 radical (unpaired) electrons. The van der Waals surface area contributed by atoms with Crippen molar-refractivity contribution in [2.45, 2.75) is 63.3 Å². The molecule has 0 spiro atoms. The summed E-state index contributed by atoms with van der Waals surface area (Å²) < 4.78 is 14.7. The summed E-state index contributed by atoms with van der Waals surface area (Å²) in [5.41, 5.74) is 8.54. The molecule has 0 amide bonds. The Hall–Kier alpha value is -4.11. The molecule has 0 saturated carbocycles. The Labute approximate surface area is 242 Å². The third kappa shape index (κ3) is 2.92. The van der Waals surface area contributed by atoms with Crippen molar-refractivity contribution in [1.29, 1.82) is 0 Å². The molecule has 0 bridgehead atoms. The molecule has 0 fully saturated rings. The van der Waals surface area contributed by atoms with Gasteiger partial charge >= 0.3 is 0 Å². The summed E-state index contributed by atoms with van der Waals surface area (Å²) in [7, 11) is 0. The zero-order valence-corrected chi connectivity index (χ0v) is 24.4. The molecule has 3 nitrogen and oxygen atoms in total. The van der Waals surface area contributed by atoms with E-state index in [2.05, 4.69) is 117 Å². The van der Waals surface area contributed by atoms with Gasteiger partial charge in [-0.05, 0) is 46.0 Å². The van der Waals surface area contributed by atoms with Crippen LogP contribution in [0.25, 0.3) is 27.2 Å². The minimum absolute atomic E-state index is 0.0443. The number of benzene rings is 4. The Bertz CT molecular complexity index is 1860. The van der Waals surface area contributed by atoms with Gasteiger partial charge in [0, 0.05) is 35.0 Å². The van der Waals surface area contributed by atoms with Gasteiger partial charge in [-0.25, -0.2) is 0 Å². The number of rotatable bonds is 4. The largest absolute Gasteiger partial charge is 0.454 e. The van der Waals surface area contributed by atoms with E-state index < -0.39 is 0 Å². The zero-order chi connectivity index (χ0) is 28.1. The van der Waals surface area contributed by atoms with Gasteiger partial charge in [0.1, 0.15) is 0 Å². The maximum atomic E-state index is 6.17. The second-order valence-corrected chi connectivity index (χ2v) is 12.7. The molecule has 0 N–H and O–H groups in total. The predicted octanol–water partition coefficient (Wildman–Crippen LogP) is 8.57. The maximum absolute atomic E-state index is 6.17. The topological polar surface area (TPSA) is 22.3 Å².